The number of dihydropyridines is 1. The van der Waals surface area contributed by atoms with Gasteiger partial charge in [0.1, 0.15) is 5.82 Å². The predicted octanol–water partition coefficient (Wildman–Crippen LogP) is 3.05. The highest BCUT2D eigenvalue weighted by Crippen LogP contribution is 2.48. The van der Waals surface area contributed by atoms with Crippen molar-refractivity contribution < 1.29 is 9.18 Å². The van der Waals surface area contributed by atoms with E-state index in [2.05, 4.69) is 26.6 Å². The zero-order valence-corrected chi connectivity index (χ0v) is 14.1. The van der Waals surface area contributed by atoms with Crippen LogP contribution in [0.25, 0.3) is 0 Å². The molecule has 1 aromatic carbocycles. The van der Waals surface area contributed by atoms with Gasteiger partial charge in [-0.15, -0.1) is 11.8 Å². The maximum Gasteiger partial charge on any atom is 0.175 e. The van der Waals surface area contributed by atoms with E-state index in [1.54, 1.807) is 23.9 Å². The summed E-state index contributed by atoms with van der Waals surface area (Å²) in [6.45, 7) is 1.05. The molecule has 3 aliphatic heterocycles. The standard InChI is InChI=1S/C16H14BrFN2OS/c17-9-5-8(1-2-10(9)18)14-15-12(6-19-7-13(15)21)20-11-3-4-22-16(11)14/h1-2,5,14,19-20H,3-4,6-7H2. The normalized spacial score (nSPS) is 24.3. The molecule has 114 valence electrons. The number of thioether (sulfide) groups is 1. The van der Waals surface area contributed by atoms with Crippen LogP contribution in [0, 0.1) is 5.82 Å². The van der Waals surface area contributed by atoms with E-state index in [-0.39, 0.29) is 17.5 Å². The quantitative estimate of drug-likeness (QED) is 0.785. The van der Waals surface area contributed by atoms with Gasteiger partial charge in [0.05, 0.1) is 11.0 Å². The molecule has 2 N–H and O–H groups in total. The maximum absolute atomic E-state index is 13.6. The van der Waals surface area contributed by atoms with Crippen molar-refractivity contribution in [1.29, 1.82) is 0 Å². The zero-order valence-electron chi connectivity index (χ0n) is 11.7. The lowest BCUT2D eigenvalue weighted by Crippen LogP contribution is -2.41. The van der Waals surface area contributed by atoms with Gasteiger partial charge >= 0.3 is 0 Å². The van der Waals surface area contributed by atoms with Crippen LogP contribution in [-0.2, 0) is 4.79 Å². The van der Waals surface area contributed by atoms with E-state index in [9.17, 15) is 9.18 Å². The Kier molecular flexibility index (Phi) is 3.63. The third-order valence-corrected chi connectivity index (χ3v) is 6.06. The first-order chi connectivity index (χ1) is 10.6. The molecule has 22 heavy (non-hydrogen) atoms. The summed E-state index contributed by atoms with van der Waals surface area (Å²) in [5.74, 6) is 0.805. The third kappa shape index (κ3) is 2.25. The van der Waals surface area contributed by atoms with Gasteiger partial charge in [-0.1, -0.05) is 6.07 Å². The highest BCUT2D eigenvalue weighted by Gasteiger charge is 2.38. The van der Waals surface area contributed by atoms with Gasteiger partial charge in [-0.3, -0.25) is 4.79 Å². The molecule has 1 unspecified atom stereocenters. The van der Waals surface area contributed by atoms with Gasteiger partial charge in [-0.25, -0.2) is 4.39 Å². The van der Waals surface area contributed by atoms with Crippen molar-refractivity contribution in [1.82, 2.24) is 10.6 Å². The Hall–Kier alpha value is -1.11. The average molecular weight is 381 g/mol. The Bertz CT molecular complexity index is 744. The van der Waals surface area contributed by atoms with Gasteiger partial charge in [0.15, 0.2) is 5.78 Å². The molecule has 0 bridgehead atoms. The van der Waals surface area contributed by atoms with Gasteiger partial charge < -0.3 is 10.6 Å². The number of carbonyl (C=O) groups is 1. The smallest absolute Gasteiger partial charge is 0.175 e. The van der Waals surface area contributed by atoms with Crippen LogP contribution in [0.5, 0.6) is 0 Å². The van der Waals surface area contributed by atoms with Gasteiger partial charge in [-0.2, -0.15) is 0 Å². The molecule has 3 heterocycles. The second-order valence-corrected chi connectivity index (χ2v) is 7.58. The SMILES string of the molecule is O=C1CNCC2=C1C(c1ccc(F)c(Br)c1)C1=C(CCS1)N2. The topological polar surface area (TPSA) is 41.1 Å². The van der Waals surface area contributed by atoms with Gasteiger partial charge in [0.25, 0.3) is 0 Å². The number of allylic oxidation sites excluding steroid dienone is 2. The van der Waals surface area contributed by atoms with Crippen LogP contribution in [0.3, 0.4) is 0 Å². The first-order valence-corrected chi connectivity index (χ1v) is 8.98. The summed E-state index contributed by atoms with van der Waals surface area (Å²) in [5.41, 5.74) is 4.00. The molecule has 0 radical (unpaired) electrons. The fourth-order valence-corrected chi connectivity index (χ4v) is 4.96. The van der Waals surface area contributed by atoms with Crippen molar-refractivity contribution in [3.8, 4) is 0 Å². The highest BCUT2D eigenvalue weighted by atomic mass is 79.9. The fourth-order valence-electron chi connectivity index (χ4n) is 3.28. The van der Waals surface area contributed by atoms with Crippen molar-refractivity contribution >= 4 is 33.5 Å². The number of hydrogen-bond donors (Lipinski definition) is 2. The number of carbonyl (C=O) groups excluding carboxylic acids is 1. The van der Waals surface area contributed by atoms with Crippen molar-refractivity contribution in [2.24, 2.45) is 0 Å². The Morgan fingerprint density at radius 2 is 2.14 bits per heavy atom. The number of ketones is 1. The first kappa shape index (κ1) is 14.5. The molecule has 3 aliphatic rings. The number of nitrogens with one attached hydrogen (secondary N) is 2. The van der Waals surface area contributed by atoms with E-state index in [0.29, 0.717) is 17.6 Å². The lowest BCUT2D eigenvalue weighted by atomic mass is 9.82. The van der Waals surface area contributed by atoms with Crippen LogP contribution >= 0.6 is 27.7 Å². The summed E-state index contributed by atoms with van der Waals surface area (Å²) in [4.78, 5) is 13.7. The molecule has 0 fully saturated rings. The van der Waals surface area contributed by atoms with E-state index >= 15 is 0 Å². The molecule has 6 heteroatoms. The van der Waals surface area contributed by atoms with Crippen molar-refractivity contribution in [2.75, 3.05) is 18.8 Å². The van der Waals surface area contributed by atoms with E-state index in [0.717, 1.165) is 29.0 Å². The monoisotopic (exact) mass is 380 g/mol. The van der Waals surface area contributed by atoms with Crippen LogP contribution in [-0.4, -0.2) is 24.6 Å². The summed E-state index contributed by atoms with van der Waals surface area (Å²) in [7, 11) is 0. The molecule has 0 amide bonds. The van der Waals surface area contributed by atoms with Crippen LogP contribution in [0.4, 0.5) is 4.39 Å². The van der Waals surface area contributed by atoms with E-state index < -0.39 is 0 Å². The lowest BCUT2D eigenvalue weighted by Gasteiger charge is -2.33. The van der Waals surface area contributed by atoms with E-state index in [1.807, 2.05) is 0 Å². The summed E-state index contributed by atoms with van der Waals surface area (Å²) in [6.07, 6.45) is 0.990. The van der Waals surface area contributed by atoms with Crippen molar-refractivity contribution in [3.05, 3.63) is 55.9 Å². The Labute approximate surface area is 140 Å². The summed E-state index contributed by atoms with van der Waals surface area (Å²) in [6, 6.07) is 5.06. The van der Waals surface area contributed by atoms with Crippen molar-refractivity contribution in [3.63, 3.8) is 0 Å². The Morgan fingerprint density at radius 3 is 2.95 bits per heavy atom. The largest absolute Gasteiger partial charge is 0.360 e. The predicted molar refractivity (Wildman–Crippen MR) is 89.0 cm³/mol. The summed E-state index contributed by atoms with van der Waals surface area (Å²) in [5, 5.41) is 6.58. The maximum atomic E-state index is 13.6. The number of rotatable bonds is 1. The molecule has 4 rings (SSSR count). The first-order valence-electron chi connectivity index (χ1n) is 7.20. The number of halogens is 2. The fraction of sp³-hybridized carbons (Fsp3) is 0.312. The minimum Gasteiger partial charge on any atom is -0.360 e. The minimum absolute atomic E-state index is 0.0646. The van der Waals surface area contributed by atoms with E-state index in [4.69, 9.17) is 0 Å². The van der Waals surface area contributed by atoms with Gasteiger partial charge in [0.2, 0.25) is 0 Å². The van der Waals surface area contributed by atoms with Crippen LogP contribution in [0.1, 0.15) is 17.9 Å². The van der Waals surface area contributed by atoms with Gasteiger partial charge in [-0.05, 0) is 40.0 Å². The zero-order chi connectivity index (χ0) is 15.3. The average Bonchev–Trinajstić information content (AvgIpc) is 2.96. The van der Waals surface area contributed by atoms with Gasteiger partial charge in [0, 0.05) is 40.1 Å². The molecule has 1 aromatic rings. The van der Waals surface area contributed by atoms with Crippen LogP contribution in [0.2, 0.25) is 0 Å². The highest BCUT2D eigenvalue weighted by molar-refractivity contribution is 9.10. The third-order valence-electron chi connectivity index (χ3n) is 4.25. The molecule has 0 saturated heterocycles. The second-order valence-electron chi connectivity index (χ2n) is 5.59. The summed E-state index contributed by atoms with van der Waals surface area (Å²) >= 11 is 5.06. The Morgan fingerprint density at radius 1 is 1.27 bits per heavy atom. The van der Waals surface area contributed by atoms with E-state index in [1.165, 1.54) is 16.7 Å². The van der Waals surface area contributed by atoms with Crippen LogP contribution in [0.15, 0.2) is 44.5 Å². The lowest BCUT2D eigenvalue weighted by molar-refractivity contribution is -0.115. The molecule has 3 nitrogen and oxygen atoms in total. The molecule has 0 saturated carbocycles. The molecule has 0 aromatic heterocycles. The molecule has 0 aliphatic carbocycles. The number of benzene rings is 1. The Balaban J connectivity index is 1.87. The van der Waals surface area contributed by atoms with Crippen molar-refractivity contribution in [2.45, 2.75) is 12.3 Å². The van der Waals surface area contributed by atoms with Crippen LogP contribution < -0.4 is 10.6 Å². The molecular formula is C16H14BrFN2OS. The molecular weight excluding hydrogens is 367 g/mol. The molecule has 1 atom stereocenters. The molecule has 0 spiro atoms. The minimum atomic E-state index is -0.281. The summed E-state index contributed by atoms with van der Waals surface area (Å²) < 4.78 is 14.0. The second kappa shape index (κ2) is 5.51. The number of hydrogen-bond acceptors (Lipinski definition) is 4. The number of Topliss-reactive ketones (excluding diaryl/α,β-unsaturated/α-hetero) is 1.